The van der Waals surface area contributed by atoms with Crippen molar-refractivity contribution < 1.29 is 4.79 Å². The fraction of sp³-hybridized carbons (Fsp3) is 0.273. The summed E-state index contributed by atoms with van der Waals surface area (Å²) in [7, 11) is 0. The minimum Gasteiger partial charge on any atom is -0.392 e. The van der Waals surface area contributed by atoms with Gasteiger partial charge in [-0.25, -0.2) is 0 Å². The van der Waals surface area contributed by atoms with Crippen LogP contribution >= 0.6 is 35.4 Å². The summed E-state index contributed by atoms with van der Waals surface area (Å²) >= 11 is 16.4. The molecule has 6 heteroatoms. The molecule has 1 aromatic rings. The average molecular weight is 291 g/mol. The van der Waals surface area contributed by atoms with Crippen LogP contribution in [0.25, 0.3) is 0 Å². The second-order valence-corrected chi connectivity index (χ2v) is 4.90. The van der Waals surface area contributed by atoms with Crippen LogP contribution in [0.15, 0.2) is 18.2 Å². The minimum atomic E-state index is -0.319. The minimum absolute atomic E-state index is 0.163. The fourth-order valence-corrected chi connectivity index (χ4v) is 1.58. The van der Waals surface area contributed by atoms with E-state index in [-0.39, 0.29) is 23.4 Å². The molecule has 1 unspecified atom stereocenters. The summed E-state index contributed by atoms with van der Waals surface area (Å²) in [6, 6.07) is 4.75. The smallest absolute Gasteiger partial charge is 0.224 e. The summed E-state index contributed by atoms with van der Waals surface area (Å²) in [5.41, 5.74) is 6.18. The van der Waals surface area contributed by atoms with Crippen molar-refractivity contribution in [3.8, 4) is 0 Å². The van der Waals surface area contributed by atoms with E-state index >= 15 is 0 Å². The number of rotatable bonds is 4. The molecule has 0 heterocycles. The number of amides is 1. The Bertz CT molecular complexity index is 451. The first-order chi connectivity index (χ1) is 7.90. The van der Waals surface area contributed by atoms with E-state index in [9.17, 15) is 4.79 Å². The second kappa shape index (κ2) is 6.19. The van der Waals surface area contributed by atoms with Crippen molar-refractivity contribution in [2.24, 2.45) is 5.73 Å². The quantitative estimate of drug-likeness (QED) is 0.837. The number of hydrogen-bond acceptors (Lipinski definition) is 2. The Morgan fingerprint density at radius 1 is 1.47 bits per heavy atom. The lowest BCUT2D eigenvalue weighted by molar-refractivity contribution is -0.120. The third-order valence-electron chi connectivity index (χ3n) is 2.15. The van der Waals surface area contributed by atoms with Gasteiger partial charge >= 0.3 is 0 Å². The molecule has 0 saturated carbocycles. The first-order valence-electron chi connectivity index (χ1n) is 4.92. The number of benzene rings is 1. The molecule has 3 N–H and O–H groups in total. The van der Waals surface area contributed by atoms with Crippen molar-refractivity contribution in [2.75, 3.05) is 0 Å². The van der Waals surface area contributed by atoms with Crippen molar-refractivity contribution in [2.45, 2.75) is 19.4 Å². The summed E-state index contributed by atoms with van der Waals surface area (Å²) in [5.74, 6) is -0.163. The van der Waals surface area contributed by atoms with Crippen LogP contribution in [0, 0.1) is 0 Å². The molecular formula is C11H12Cl2N2OS. The number of thiocarbonyl (C=S) groups is 1. The van der Waals surface area contributed by atoms with Gasteiger partial charge in [-0.05, 0) is 24.6 Å². The molecule has 17 heavy (non-hydrogen) atoms. The molecule has 0 fully saturated rings. The van der Waals surface area contributed by atoms with Crippen LogP contribution in [0.2, 0.25) is 10.0 Å². The van der Waals surface area contributed by atoms with E-state index in [0.717, 1.165) is 5.56 Å². The van der Waals surface area contributed by atoms with Crippen molar-refractivity contribution in [1.29, 1.82) is 0 Å². The zero-order chi connectivity index (χ0) is 13.0. The van der Waals surface area contributed by atoms with Crippen LogP contribution in [0.4, 0.5) is 0 Å². The maximum Gasteiger partial charge on any atom is 0.224 e. The van der Waals surface area contributed by atoms with E-state index in [1.54, 1.807) is 25.1 Å². The van der Waals surface area contributed by atoms with Gasteiger partial charge < -0.3 is 11.1 Å². The molecule has 1 rings (SSSR count). The third kappa shape index (κ3) is 4.50. The highest BCUT2D eigenvalue weighted by Crippen LogP contribution is 2.22. The second-order valence-electron chi connectivity index (χ2n) is 3.62. The van der Waals surface area contributed by atoms with Crippen LogP contribution in [0.3, 0.4) is 0 Å². The summed E-state index contributed by atoms with van der Waals surface area (Å²) in [5, 5.41) is 3.58. The normalized spacial score (nSPS) is 11.9. The summed E-state index contributed by atoms with van der Waals surface area (Å²) < 4.78 is 0. The Hall–Kier alpha value is -0.840. The molecule has 1 aromatic carbocycles. The van der Waals surface area contributed by atoms with Crippen molar-refractivity contribution in [3.63, 3.8) is 0 Å². The molecule has 0 spiro atoms. The first-order valence-corrected chi connectivity index (χ1v) is 6.09. The van der Waals surface area contributed by atoms with Gasteiger partial charge in [0, 0.05) is 0 Å². The van der Waals surface area contributed by atoms with Gasteiger partial charge in [0.1, 0.15) is 0 Å². The van der Waals surface area contributed by atoms with Gasteiger partial charge in [-0.3, -0.25) is 4.79 Å². The van der Waals surface area contributed by atoms with Gasteiger partial charge in [0.2, 0.25) is 5.91 Å². The Kier molecular flexibility index (Phi) is 5.18. The van der Waals surface area contributed by atoms with E-state index in [1.165, 1.54) is 0 Å². The van der Waals surface area contributed by atoms with Gasteiger partial charge in [-0.1, -0.05) is 41.5 Å². The lowest BCUT2D eigenvalue weighted by Gasteiger charge is -2.12. The van der Waals surface area contributed by atoms with Crippen LogP contribution in [0.5, 0.6) is 0 Å². The van der Waals surface area contributed by atoms with E-state index in [0.29, 0.717) is 10.0 Å². The molecule has 0 aliphatic rings. The molecular weight excluding hydrogens is 279 g/mol. The van der Waals surface area contributed by atoms with Crippen LogP contribution in [-0.4, -0.2) is 16.9 Å². The fourth-order valence-electron chi connectivity index (χ4n) is 1.20. The van der Waals surface area contributed by atoms with E-state index < -0.39 is 0 Å². The van der Waals surface area contributed by atoms with Crippen molar-refractivity contribution in [3.05, 3.63) is 33.8 Å². The SMILES string of the molecule is CC(NC(=O)Cc1ccc(Cl)c(Cl)c1)C(N)=S. The maximum atomic E-state index is 11.6. The Morgan fingerprint density at radius 3 is 2.65 bits per heavy atom. The predicted octanol–water partition coefficient (Wildman–Crippen LogP) is 2.33. The van der Waals surface area contributed by atoms with Crippen LogP contribution in [0.1, 0.15) is 12.5 Å². The number of carbonyl (C=O) groups excluding carboxylic acids is 1. The van der Waals surface area contributed by atoms with Gasteiger partial charge in [-0.2, -0.15) is 0 Å². The Balaban J connectivity index is 2.62. The lowest BCUT2D eigenvalue weighted by atomic mass is 10.1. The molecule has 0 saturated heterocycles. The van der Waals surface area contributed by atoms with E-state index in [1.807, 2.05) is 0 Å². The standard InChI is InChI=1S/C11H12Cl2N2OS/c1-6(11(14)17)15-10(16)5-7-2-3-8(12)9(13)4-7/h2-4,6H,5H2,1H3,(H2,14,17)(H,15,16). The summed E-state index contributed by atoms with van der Waals surface area (Å²) in [6.07, 6.45) is 0.212. The molecule has 92 valence electrons. The number of nitrogens with two attached hydrogens (primary N) is 1. The molecule has 0 bridgehead atoms. The zero-order valence-corrected chi connectivity index (χ0v) is 11.5. The van der Waals surface area contributed by atoms with E-state index in [4.69, 9.17) is 41.2 Å². The van der Waals surface area contributed by atoms with Gasteiger partial charge in [0.25, 0.3) is 0 Å². The number of hydrogen-bond donors (Lipinski definition) is 2. The monoisotopic (exact) mass is 290 g/mol. The van der Waals surface area contributed by atoms with Crippen molar-refractivity contribution >= 4 is 46.3 Å². The molecule has 0 aromatic heterocycles. The number of halogens is 2. The molecule has 3 nitrogen and oxygen atoms in total. The van der Waals surface area contributed by atoms with Crippen molar-refractivity contribution in [1.82, 2.24) is 5.32 Å². The van der Waals surface area contributed by atoms with Crippen LogP contribution < -0.4 is 11.1 Å². The Labute approximate surface area is 115 Å². The lowest BCUT2D eigenvalue weighted by Crippen LogP contribution is -2.41. The largest absolute Gasteiger partial charge is 0.392 e. The third-order valence-corrected chi connectivity index (χ3v) is 3.25. The highest BCUT2D eigenvalue weighted by Gasteiger charge is 2.10. The summed E-state index contributed by atoms with van der Waals surface area (Å²) in [4.78, 5) is 11.9. The highest BCUT2D eigenvalue weighted by atomic mass is 35.5. The topological polar surface area (TPSA) is 55.1 Å². The van der Waals surface area contributed by atoms with Gasteiger partial charge in [-0.15, -0.1) is 0 Å². The predicted molar refractivity (Wildman–Crippen MR) is 74.6 cm³/mol. The van der Waals surface area contributed by atoms with E-state index in [2.05, 4.69) is 5.32 Å². The first kappa shape index (κ1) is 14.2. The van der Waals surface area contributed by atoms with Gasteiger partial charge in [0.05, 0.1) is 27.5 Å². The molecule has 0 aliphatic carbocycles. The molecule has 0 radical (unpaired) electrons. The number of nitrogens with one attached hydrogen (secondary N) is 1. The molecule has 1 amide bonds. The van der Waals surface area contributed by atoms with Gasteiger partial charge in [0.15, 0.2) is 0 Å². The molecule has 1 atom stereocenters. The summed E-state index contributed by atoms with van der Waals surface area (Å²) in [6.45, 7) is 1.73. The zero-order valence-electron chi connectivity index (χ0n) is 9.17. The highest BCUT2D eigenvalue weighted by molar-refractivity contribution is 7.80. The average Bonchev–Trinajstić information content (AvgIpc) is 2.23. The maximum absolute atomic E-state index is 11.6. The van der Waals surface area contributed by atoms with Crippen LogP contribution in [-0.2, 0) is 11.2 Å². The number of carbonyl (C=O) groups is 1. The molecule has 0 aliphatic heterocycles. The Morgan fingerprint density at radius 2 is 2.12 bits per heavy atom.